The fourth-order valence-corrected chi connectivity index (χ4v) is 3.91. The van der Waals surface area contributed by atoms with Crippen LogP contribution < -0.4 is 0 Å². The molecule has 0 saturated heterocycles. The Balaban J connectivity index is 0.00000684. The summed E-state index contributed by atoms with van der Waals surface area (Å²) in [6, 6.07) is 17.0. The summed E-state index contributed by atoms with van der Waals surface area (Å²) in [6.07, 6.45) is 11.8. The van der Waals surface area contributed by atoms with E-state index >= 15 is 0 Å². The van der Waals surface area contributed by atoms with Gasteiger partial charge >= 0.3 is 0 Å². The molecule has 0 fully saturated rings. The van der Waals surface area contributed by atoms with E-state index in [1.807, 2.05) is 0 Å². The molecule has 0 unspecified atom stereocenters. The predicted octanol–water partition coefficient (Wildman–Crippen LogP) is 9.60. The number of hydrogen-bond acceptors (Lipinski definition) is 2. The van der Waals surface area contributed by atoms with Gasteiger partial charge in [-0.3, -0.25) is 9.98 Å². The predicted molar refractivity (Wildman–Crippen MR) is 159 cm³/mol. The van der Waals surface area contributed by atoms with Crippen LogP contribution in [0.3, 0.4) is 0 Å². The second-order valence-electron chi connectivity index (χ2n) is 9.04. The first kappa shape index (κ1) is 32.4. The van der Waals surface area contributed by atoms with Crippen LogP contribution >= 0.6 is 0 Å². The topological polar surface area (TPSA) is 24.7 Å². The van der Waals surface area contributed by atoms with Crippen LogP contribution in [0.1, 0.15) is 103 Å². The summed E-state index contributed by atoms with van der Waals surface area (Å²) < 4.78 is 0. The van der Waals surface area contributed by atoms with Crippen LogP contribution in [-0.2, 0) is 29.3 Å². The van der Waals surface area contributed by atoms with Crippen molar-refractivity contribution in [3.63, 3.8) is 0 Å². The zero-order valence-electron chi connectivity index (χ0n) is 23.3. The molecule has 2 nitrogen and oxygen atoms in total. The van der Waals surface area contributed by atoms with Gasteiger partial charge in [0.2, 0.25) is 0 Å². The first-order valence-corrected chi connectivity index (χ1v) is 14.0. The van der Waals surface area contributed by atoms with Crippen molar-refractivity contribution in [2.75, 3.05) is 0 Å². The van der Waals surface area contributed by atoms with Crippen molar-refractivity contribution in [3.05, 3.63) is 59.7 Å². The normalized spacial score (nSPS) is 11.1. The number of nitrogens with zero attached hydrogens (tertiary/aromatic N) is 2. The number of rotatable bonds is 13. The van der Waals surface area contributed by atoms with E-state index in [0.717, 1.165) is 99.8 Å². The molecule has 0 aliphatic rings. The van der Waals surface area contributed by atoms with Crippen LogP contribution in [0.2, 0.25) is 0 Å². The van der Waals surface area contributed by atoms with E-state index in [1.54, 1.807) is 0 Å². The van der Waals surface area contributed by atoms with Crippen molar-refractivity contribution in [1.29, 1.82) is 0 Å². The number of unbranched alkanes of at least 4 members (excludes halogenated alkanes) is 3. The summed E-state index contributed by atoms with van der Waals surface area (Å²) in [4.78, 5) is 10.4. The first-order chi connectivity index (χ1) is 17.7. The molecule has 0 N–H and O–H groups in total. The standard InChI is InChI=1S/C34H44N2.Ni/c1-5-9-12-14-16-22-29-24-18-20-27-32(29)35-31(8-4)34(26-11-7-3)36-33-28-21-19-25-30(33)23-17-15-13-10-6-2;/h18-21,24-25,27-28H,5-11,16-17,22-23,26H2,1-4H3;. The molecule has 2 rings (SSSR count). The number of aliphatic imine (C=N–C) groups is 2. The van der Waals surface area contributed by atoms with Crippen LogP contribution in [0, 0.1) is 23.7 Å². The number of para-hydroxylation sites is 2. The molecule has 0 aliphatic heterocycles. The molecular formula is C34H44N2Ni. The van der Waals surface area contributed by atoms with Crippen LogP contribution in [-0.4, -0.2) is 11.4 Å². The molecular weight excluding hydrogens is 495 g/mol. The van der Waals surface area contributed by atoms with Gasteiger partial charge < -0.3 is 0 Å². The van der Waals surface area contributed by atoms with Gasteiger partial charge in [0.25, 0.3) is 0 Å². The Morgan fingerprint density at radius 2 is 1.05 bits per heavy atom. The average Bonchev–Trinajstić information content (AvgIpc) is 2.91. The van der Waals surface area contributed by atoms with Crippen molar-refractivity contribution in [2.45, 2.75) is 105 Å². The summed E-state index contributed by atoms with van der Waals surface area (Å²) >= 11 is 0. The van der Waals surface area contributed by atoms with Gasteiger partial charge in [0.1, 0.15) is 0 Å². The Kier molecular flexibility index (Phi) is 17.9. The smallest absolute Gasteiger partial charge is 0.0666 e. The largest absolute Gasteiger partial charge is 0.251 e. The van der Waals surface area contributed by atoms with Gasteiger partial charge in [-0.25, -0.2) is 0 Å². The summed E-state index contributed by atoms with van der Waals surface area (Å²) in [5.74, 6) is 13.2. The zero-order valence-corrected chi connectivity index (χ0v) is 24.3. The van der Waals surface area contributed by atoms with E-state index in [0.29, 0.717) is 0 Å². The van der Waals surface area contributed by atoms with Gasteiger partial charge in [-0.15, -0.1) is 23.7 Å². The van der Waals surface area contributed by atoms with Gasteiger partial charge in [-0.05, 0) is 68.2 Å². The van der Waals surface area contributed by atoms with Crippen molar-refractivity contribution < 1.29 is 16.5 Å². The molecule has 0 aliphatic carbocycles. The molecule has 0 aromatic heterocycles. The Hall–Kier alpha value is -2.61. The Labute approximate surface area is 236 Å². The maximum atomic E-state index is 5.22. The summed E-state index contributed by atoms with van der Waals surface area (Å²) in [6.45, 7) is 8.76. The summed E-state index contributed by atoms with van der Waals surface area (Å²) in [7, 11) is 0. The molecule has 37 heavy (non-hydrogen) atoms. The van der Waals surface area contributed by atoms with Crippen LogP contribution in [0.25, 0.3) is 0 Å². The second kappa shape index (κ2) is 20.5. The third-order valence-corrected chi connectivity index (χ3v) is 5.97. The first-order valence-electron chi connectivity index (χ1n) is 14.0. The van der Waals surface area contributed by atoms with Gasteiger partial charge in [-0.1, -0.05) is 70.5 Å². The van der Waals surface area contributed by atoms with Crippen LogP contribution in [0.4, 0.5) is 11.4 Å². The molecule has 2 aromatic rings. The van der Waals surface area contributed by atoms with Gasteiger partial charge in [-0.2, -0.15) is 0 Å². The quantitative estimate of drug-likeness (QED) is 0.138. The minimum absolute atomic E-state index is 0. The molecule has 2 aromatic carbocycles. The fraction of sp³-hybridized carbons (Fsp3) is 0.471. The van der Waals surface area contributed by atoms with E-state index in [2.05, 4.69) is 99.9 Å². The molecule has 0 amide bonds. The second-order valence-corrected chi connectivity index (χ2v) is 9.04. The maximum absolute atomic E-state index is 5.22. The SMILES string of the molecule is CCCC#CCCc1ccccc1N=C(CC)C(CCCC)=Nc1ccccc1CCC#CCCC.[Ni]. The maximum Gasteiger partial charge on any atom is 0.0666 e. The van der Waals surface area contributed by atoms with Gasteiger partial charge in [0.05, 0.1) is 22.8 Å². The molecule has 0 bridgehead atoms. The third kappa shape index (κ3) is 12.5. The Morgan fingerprint density at radius 3 is 1.51 bits per heavy atom. The number of benzene rings is 2. The molecule has 0 radical (unpaired) electrons. The van der Waals surface area contributed by atoms with Crippen LogP contribution in [0.5, 0.6) is 0 Å². The van der Waals surface area contributed by atoms with E-state index < -0.39 is 0 Å². The van der Waals surface area contributed by atoms with Gasteiger partial charge in [0, 0.05) is 42.2 Å². The van der Waals surface area contributed by atoms with Crippen molar-refractivity contribution in [3.8, 4) is 23.7 Å². The average molecular weight is 539 g/mol. The molecule has 200 valence electrons. The van der Waals surface area contributed by atoms with Crippen molar-refractivity contribution in [2.24, 2.45) is 9.98 Å². The third-order valence-electron chi connectivity index (χ3n) is 5.97. The number of hydrogen-bond donors (Lipinski definition) is 0. The number of aryl methyl sites for hydroxylation is 2. The Morgan fingerprint density at radius 1 is 0.595 bits per heavy atom. The van der Waals surface area contributed by atoms with Crippen molar-refractivity contribution >= 4 is 22.8 Å². The molecule has 0 spiro atoms. The van der Waals surface area contributed by atoms with E-state index in [9.17, 15) is 0 Å². The molecule has 0 saturated carbocycles. The van der Waals surface area contributed by atoms with Gasteiger partial charge in [0.15, 0.2) is 0 Å². The van der Waals surface area contributed by atoms with E-state index in [-0.39, 0.29) is 16.5 Å². The Bertz CT molecular complexity index is 1110. The molecule has 0 heterocycles. The monoisotopic (exact) mass is 538 g/mol. The van der Waals surface area contributed by atoms with E-state index in [4.69, 9.17) is 9.98 Å². The molecule has 3 heteroatoms. The van der Waals surface area contributed by atoms with Crippen LogP contribution in [0.15, 0.2) is 58.5 Å². The van der Waals surface area contributed by atoms with E-state index in [1.165, 1.54) is 11.1 Å². The summed E-state index contributed by atoms with van der Waals surface area (Å²) in [5.41, 5.74) is 6.83. The fourth-order valence-electron chi connectivity index (χ4n) is 3.91. The molecule has 0 atom stereocenters. The minimum atomic E-state index is 0. The zero-order chi connectivity index (χ0) is 25.8. The summed E-state index contributed by atoms with van der Waals surface area (Å²) in [5, 5.41) is 0. The minimum Gasteiger partial charge on any atom is -0.251 e. The van der Waals surface area contributed by atoms with Crippen molar-refractivity contribution in [1.82, 2.24) is 0 Å².